The van der Waals surface area contributed by atoms with Gasteiger partial charge in [0.2, 0.25) is 0 Å². The van der Waals surface area contributed by atoms with E-state index in [1.807, 2.05) is 4.90 Å². The fourth-order valence-corrected chi connectivity index (χ4v) is 3.22. The highest BCUT2D eigenvalue weighted by molar-refractivity contribution is 5.97. The van der Waals surface area contributed by atoms with Crippen molar-refractivity contribution < 1.29 is 14.3 Å². The summed E-state index contributed by atoms with van der Waals surface area (Å²) in [5.74, 6) is -0.466. The highest BCUT2D eigenvalue weighted by atomic mass is 16.5. The number of likely N-dealkylation sites (tertiary alicyclic amines) is 1. The average molecular weight is 292 g/mol. The van der Waals surface area contributed by atoms with E-state index in [1.165, 1.54) is 13.5 Å². The number of H-pyrrole nitrogens is 1. The Morgan fingerprint density at radius 3 is 2.90 bits per heavy atom. The minimum Gasteiger partial charge on any atom is -0.464 e. The van der Waals surface area contributed by atoms with Crippen molar-refractivity contribution in [3.63, 3.8) is 0 Å². The Balaban J connectivity index is 2.09. The fourth-order valence-electron chi connectivity index (χ4n) is 3.22. The molecule has 0 aromatic carbocycles. The van der Waals surface area contributed by atoms with Crippen LogP contribution in [0.1, 0.15) is 60.4 Å². The van der Waals surface area contributed by atoms with Crippen LogP contribution < -0.4 is 0 Å². The number of esters is 1. The summed E-state index contributed by atoms with van der Waals surface area (Å²) in [7, 11) is 1.32. The van der Waals surface area contributed by atoms with Crippen molar-refractivity contribution in [2.75, 3.05) is 20.2 Å². The third-order valence-electron chi connectivity index (χ3n) is 4.26. The fraction of sp³-hybridized carbons (Fsp3) is 0.625. The molecule has 1 fully saturated rings. The zero-order valence-corrected chi connectivity index (χ0v) is 13.1. The van der Waals surface area contributed by atoms with Crippen molar-refractivity contribution in [3.8, 4) is 0 Å². The topological polar surface area (TPSA) is 62.4 Å². The summed E-state index contributed by atoms with van der Waals surface area (Å²) in [5.41, 5.74) is 1.05. The third kappa shape index (κ3) is 3.46. The molecule has 0 saturated carbocycles. The maximum absolute atomic E-state index is 12.6. The summed E-state index contributed by atoms with van der Waals surface area (Å²) in [5, 5.41) is 0. The maximum Gasteiger partial charge on any atom is 0.354 e. The molecule has 0 radical (unpaired) electrons. The quantitative estimate of drug-likeness (QED) is 0.868. The second-order valence-corrected chi connectivity index (χ2v) is 6.18. The molecule has 2 rings (SSSR count). The van der Waals surface area contributed by atoms with Crippen LogP contribution >= 0.6 is 0 Å². The van der Waals surface area contributed by atoms with Gasteiger partial charge in [-0.1, -0.05) is 20.3 Å². The number of ether oxygens (including phenoxy) is 1. The molecule has 1 N–H and O–H groups in total. The van der Waals surface area contributed by atoms with E-state index < -0.39 is 5.97 Å². The van der Waals surface area contributed by atoms with Gasteiger partial charge in [-0.05, 0) is 30.7 Å². The standard InChI is InChI=1S/C16H24N2O3/c1-4-6-16(2)7-5-8-18(11-16)14(19)12-9-13(17-10-12)15(20)21-3/h9-10,17H,4-8,11H2,1-3H3/t16-/m0/s1. The second-order valence-electron chi connectivity index (χ2n) is 6.18. The zero-order chi connectivity index (χ0) is 15.5. The molecule has 0 aliphatic carbocycles. The Labute approximate surface area is 125 Å². The SMILES string of the molecule is CCC[C@@]1(C)CCCN(C(=O)c2c[nH]c(C(=O)OC)c2)C1. The van der Waals surface area contributed by atoms with Gasteiger partial charge in [-0.2, -0.15) is 0 Å². The molecule has 1 aromatic heterocycles. The van der Waals surface area contributed by atoms with E-state index >= 15 is 0 Å². The summed E-state index contributed by atoms with van der Waals surface area (Å²) in [4.78, 5) is 28.7. The highest BCUT2D eigenvalue weighted by Gasteiger charge is 2.33. The van der Waals surface area contributed by atoms with Gasteiger partial charge in [0.25, 0.3) is 5.91 Å². The first-order chi connectivity index (χ1) is 9.99. The minimum atomic E-state index is -0.455. The number of hydrogen-bond donors (Lipinski definition) is 1. The average Bonchev–Trinajstić information content (AvgIpc) is 2.95. The first kappa shape index (κ1) is 15.6. The van der Waals surface area contributed by atoms with Gasteiger partial charge < -0.3 is 14.6 Å². The van der Waals surface area contributed by atoms with Crippen LogP contribution in [0.3, 0.4) is 0 Å². The number of piperidine rings is 1. The molecule has 1 aromatic rings. The summed E-state index contributed by atoms with van der Waals surface area (Å²) >= 11 is 0. The van der Waals surface area contributed by atoms with Crippen molar-refractivity contribution >= 4 is 11.9 Å². The normalized spacial score (nSPS) is 22.1. The third-order valence-corrected chi connectivity index (χ3v) is 4.26. The van der Waals surface area contributed by atoms with Crippen LogP contribution in [0, 0.1) is 5.41 Å². The number of nitrogens with zero attached hydrogens (tertiary/aromatic N) is 1. The van der Waals surface area contributed by atoms with Gasteiger partial charge in [0.1, 0.15) is 5.69 Å². The molecule has 5 heteroatoms. The van der Waals surface area contributed by atoms with E-state index in [-0.39, 0.29) is 11.3 Å². The maximum atomic E-state index is 12.6. The van der Waals surface area contributed by atoms with E-state index in [4.69, 9.17) is 0 Å². The molecular formula is C16H24N2O3. The lowest BCUT2D eigenvalue weighted by atomic mass is 9.78. The van der Waals surface area contributed by atoms with E-state index in [2.05, 4.69) is 23.6 Å². The van der Waals surface area contributed by atoms with Crippen LogP contribution in [0.2, 0.25) is 0 Å². The van der Waals surface area contributed by atoms with Crippen LogP contribution in [0.25, 0.3) is 0 Å². The molecule has 1 amide bonds. The smallest absolute Gasteiger partial charge is 0.354 e. The highest BCUT2D eigenvalue weighted by Crippen LogP contribution is 2.34. The van der Waals surface area contributed by atoms with Crippen LogP contribution in [0.5, 0.6) is 0 Å². The van der Waals surface area contributed by atoms with Gasteiger partial charge in [0, 0.05) is 19.3 Å². The lowest BCUT2D eigenvalue weighted by molar-refractivity contribution is 0.0530. The number of methoxy groups -OCH3 is 1. The molecule has 0 bridgehead atoms. The summed E-state index contributed by atoms with van der Waals surface area (Å²) in [6, 6.07) is 1.57. The van der Waals surface area contributed by atoms with Gasteiger partial charge in [-0.25, -0.2) is 4.79 Å². The molecule has 1 aliphatic rings. The van der Waals surface area contributed by atoms with Crippen LogP contribution in [-0.4, -0.2) is 42.0 Å². The van der Waals surface area contributed by atoms with Gasteiger partial charge in [0.05, 0.1) is 12.7 Å². The largest absolute Gasteiger partial charge is 0.464 e. The molecule has 1 aliphatic heterocycles. The van der Waals surface area contributed by atoms with E-state index in [0.29, 0.717) is 11.3 Å². The Kier molecular flexibility index (Phi) is 4.70. The van der Waals surface area contributed by atoms with Crippen molar-refractivity contribution in [1.82, 2.24) is 9.88 Å². The van der Waals surface area contributed by atoms with Gasteiger partial charge >= 0.3 is 5.97 Å². The lowest BCUT2D eigenvalue weighted by Crippen LogP contribution is -2.44. The monoisotopic (exact) mass is 292 g/mol. The van der Waals surface area contributed by atoms with Crippen molar-refractivity contribution in [2.45, 2.75) is 39.5 Å². The van der Waals surface area contributed by atoms with Crippen molar-refractivity contribution in [1.29, 1.82) is 0 Å². The first-order valence-corrected chi connectivity index (χ1v) is 7.55. The van der Waals surface area contributed by atoms with E-state index in [0.717, 1.165) is 32.4 Å². The minimum absolute atomic E-state index is 0.0107. The summed E-state index contributed by atoms with van der Waals surface area (Å²) in [6.07, 6.45) is 6.06. The number of nitrogens with one attached hydrogen (secondary N) is 1. The Morgan fingerprint density at radius 1 is 1.48 bits per heavy atom. The zero-order valence-electron chi connectivity index (χ0n) is 13.1. The number of aromatic nitrogens is 1. The van der Waals surface area contributed by atoms with Crippen molar-refractivity contribution in [3.05, 3.63) is 23.5 Å². The molecule has 0 spiro atoms. The summed E-state index contributed by atoms with van der Waals surface area (Å²) < 4.78 is 4.64. The molecule has 1 saturated heterocycles. The predicted molar refractivity (Wildman–Crippen MR) is 80.3 cm³/mol. The Bertz CT molecular complexity index is 519. The summed E-state index contributed by atoms with van der Waals surface area (Å²) in [6.45, 7) is 6.02. The Hall–Kier alpha value is -1.78. The number of aromatic amines is 1. The lowest BCUT2D eigenvalue weighted by Gasteiger charge is -2.40. The number of carbonyl (C=O) groups excluding carboxylic acids is 2. The molecule has 116 valence electrons. The van der Waals surface area contributed by atoms with Gasteiger partial charge in [-0.3, -0.25) is 4.79 Å². The Morgan fingerprint density at radius 2 is 2.24 bits per heavy atom. The molecule has 5 nitrogen and oxygen atoms in total. The number of carbonyl (C=O) groups is 2. The van der Waals surface area contributed by atoms with Crippen molar-refractivity contribution in [2.24, 2.45) is 5.41 Å². The molecule has 1 atom stereocenters. The van der Waals surface area contributed by atoms with Crippen LogP contribution in [0.15, 0.2) is 12.3 Å². The number of hydrogen-bond acceptors (Lipinski definition) is 3. The van der Waals surface area contributed by atoms with Gasteiger partial charge in [-0.15, -0.1) is 0 Å². The predicted octanol–water partition coefficient (Wildman–Crippen LogP) is 2.84. The van der Waals surface area contributed by atoms with E-state index in [1.54, 1.807) is 12.3 Å². The number of amides is 1. The van der Waals surface area contributed by atoms with Gasteiger partial charge in [0.15, 0.2) is 0 Å². The number of rotatable bonds is 4. The molecular weight excluding hydrogens is 268 g/mol. The van der Waals surface area contributed by atoms with Crippen LogP contribution in [0.4, 0.5) is 0 Å². The molecule has 21 heavy (non-hydrogen) atoms. The van der Waals surface area contributed by atoms with E-state index in [9.17, 15) is 9.59 Å². The van der Waals surface area contributed by atoms with Crippen LogP contribution in [-0.2, 0) is 4.74 Å². The second kappa shape index (κ2) is 6.33. The molecule has 0 unspecified atom stereocenters. The first-order valence-electron chi connectivity index (χ1n) is 7.55. The molecule has 2 heterocycles.